The van der Waals surface area contributed by atoms with Crippen molar-refractivity contribution >= 4 is 32.5 Å². The van der Waals surface area contributed by atoms with Crippen molar-refractivity contribution in [1.29, 1.82) is 0 Å². The molecular formula is C17H14N2OS. The van der Waals surface area contributed by atoms with Crippen LogP contribution in [0.15, 0.2) is 46.6 Å². The zero-order valence-corrected chi connectivity index (χ0v) is 12.4. The standard InChI is InChI=1S/C17H14N2OS/c1-10-3-2-4-15-16(10)12(9-21-15)7-11-5-6-13-14(8-11)19-17(20)18-13/h2-6,8-9H,7H2,1H3,(H2,18,19,20). The molecule has 0 aliphatic heterocycles. The second-order valence-electron chi connectivity index (χ2n) is 5.34. The van der Waals surface area contributed by atoms with Gasteiger partial charge in [-0.05, 0) is 59.0 Å². The van der Waals surface area contributed by atoms with Crippen molar-refractivity contribution in [2.45, 2.75) is 13.3 Å². The summed E-state index contributed by atoms with van der Waals surface area (Å²) in [5, 5.41) is 3.60. The van der Waals surface area contributed by atoms with Crippen molar-refractivity contribution in [3.8, 4) is 0 Å². The van der Waals surface area contributed by atoms with Gasteiger partial charge in [0.25, 0.3) is 0 Å². The Balaban J connectivity index is 1.80. The van der Waals surface area contributed by atoms with Crippen molar-refractivity contribution in [2.75, 3.05) is 0 Å². The molecular weight excluding hydrogens is 280 g/mol. The van der Waals surface area contributed by atoms with Gasteiger partial charge in [0.1, 0.15) is 0 Å². The molecule has 0 saturated carbocycles. The average molecular weight is 294 g/mol. The van der Waals surface area contributed by atoms with Gasteiger partial charge in [-0.15, -0.1) is 11.3 Å². The molecule has 0 amide bonds. The van der Waals surface area contributed by atoms with Gasteiger partial charge in [0.05, 0.1) is 11.0 Å². The Morgan fingerprint density at radius 1 is 1.10 bits per heavy atom. The van der Waals surface area contributed by atoms with E-state index in [9.17, 15) is 4.79 Å². The van der Waals surface area contributed by atoms with Gasteiger partial charge in [0.15, 0.2) is 0 Å². The van der Waals surface area contributed by atoms with E-state index in [2.05, 4.69) is 52.6 Å². The fourth-order valence-electron chi connectivity index (χ4n) is 2.88. The van der Waals surface area contributed by atoms with Gasteiger partial charge in [-0.25, -0.2) is 4.79 Å². The molecule has 0 unspecified atom stereocenters. The lowest BCUT2D eigenvalue weighted by Gasteiger charge is -2.03. The van der Waals surface area contributed by atoms with Crippen LogP contribution in [0.2, 0.25) is 0 Å². The number of thiophene rings is 1. The number of nitrogens with one attached hydrogen (secondary N) is 2. The molecule has 4 rings (SSSR count). The van der Waals surface area contributed by atoms with E-state index in [1.54, 1.807) is 11.3 Å². The average Bonchev–Trinajstić information content (AvgIpc) is 3.02. The van der Waals surface area contributed by atoms with Crippen molar-refractivity contribution in [3.63, 3.8) is 0 Å². The minimum Gasteiger partial charge on any atom is -0.306 e. The quantitative estimate of drug-likeness (QED) is 0.577. The molecule has 4 heteroatoms. The van der Waals surface area contributed by atoms with Crippen LogP contribution >= 0.6 is 11.3 Å². The summed E-state index contributed by atoms with van der Waals surface area (Å²) in [6, 6.07) is 12.5. The first-order valence-electron chi connectivity index (χ1n) is 6.87. The summed E-state index contributed by atoms with van der Waals surface area (Å²) < 4.78 is 1.33. The molecule has 0 aliphatic rings. The molecule has 0 spiro atoms. The lowest BCUT2D eigenvalue weighted by molar-refractivity contribution is 1.21. The summed E-state index contributed by atoms with van der Waals surface area (Å²) in [6.45, 7) is 2.16. The smallest absolute Gasteiger partial charge is 0.306 e. The Morgan fingerprint density at radius 3 is 2.86 bits per heavy atom. The molecule has 2 aromatic carbocycles. The first kappa shape index (κ1) is 12.4. The number of hydrogen-bond acceptors (Lipinski definition) is 2. The fourth-order valence-corrected chi connectivity index (χ4v) is 3.92. The number of H-pyrrole nitrogens is 2. The van der Waals surface area contributed by atoms with Crippen molar-refractivity contribution in [1.82, 2.24) is 9.97 Å². The monoisotopic (exact) mass is 294 g/mol. The molecule has 0 atom stereocenters. The molecule has 0 aliphatic carbocycles. The molecule has 3 nitrogen and oxygen atoms in total. The van der Waals surface area contributed by atoms with Crippen LogP contribution in [0.5, 0.6) is 0 Å². The van der Waals surface area contributed by atoms with Crippen LogP contribution in [0.4, 0.5) is 0 Å². The second-order valence-corrected chi connectivity index (χ2v) is 6.26. The van der Waals surface area contributed by atoms with Gasteiger partial charge in [-0.3, -0.25) is 0 Å². The number of imidazole rings is 1. The molecule has 0 saturated heterocycles. The number of benzene rings is 2. The Bertz CT molecular complexity index is 1010. The maximum atomic E-state index is 11.3. The number of aromatic amines is 2. The predicted octanol–water partition coefficient (Wildman–Crippen LogP) is 3.97. The van der Waals surface area contributed by atoms with E-state index in [4.69, 9.17) is 0 Å². The third kappa shape index (κ3) is 2.08. The Hall–Kier alpha value is -2.33. The Kier molecular flexibility index (Phi) is 2.72. The van der Waals surface area contributed by atoms with E-state index in [-0.39, 0.29) is 5.69 Å². The molecule has 2 aromatic heterocycles. The highest BCUT2D eigenvalue weighted by Crippen LogP contribution is 2.30. The highest BCUT2D eigenvalue weighted by Gasteiger charge is 2.08. The van der Waals surface area contributed by atoms with Gasteiger partial charge in [0, 0.05) is 4.70 Å². The second kappa shape index (κ2) is 4.60. The summed E-state index contributed by atoms with van der Waals surface area (Å²) >= 11 is 1.79. The third-order valence-electron chi connectivity index (χ3n) is 3.86. The molecule has 0 radical (unpaired) electrons. The van der Waals surface area contributed by atoms with E-state index in [1.165, 1.54) is 26.8 Å². The number of fused-ring (bicyclic) bond motifs is 2. The van der Waals surface area contributed by atoms with E-state index < -0.39 is 0 Å². The largest absolute Gasteiger partial charge is 0.323 e. The summed E-state index contributed by atoms with van der Waals surface area (Å²) in [4.78, 5) is 16.9. The highest BCUT2D eigenvalue weighted by atomic mass is 32.1. The summed E-state index contributed by atoms with van der Waals surface area (Å²) in [5.41, 5.74) is 5.45. The zero-order valence-electron chi connectivity index (χ0n) is 11.6. The van der Waals surface area contributed by atoms with Gasteiger partial charge in [-0.2, -0.15) is 0 Å². The first-order valence-corrected chi connectivity index (χ1v) is 7.75. The van der Waals surface area contributed by atoms with Crippen LogP contribution in [-0.2, 0) is 6.42 Å². The lowest BCUT2D eigenvalue weighted by Crippen LogP contribution is -1.99. The van der Waals surface area contributed by atoms with Crippen LogP contribution in [0, 0.1) is 6.92 Å². The molecule has 104 valence electrons. The minimum absolute atomic E-state index is 0.154. The van der Waals surface area contributed by atoms with Crippen LogP contribution in [0.1, 0.15) is 16.7 Å². The van der Waals surface area contributed by atoms with Gasteiger partial charge < -0.3 is 9.97 Å². The number of aryl methyl sites for hydroxylation is 1. The molecule has 2 N–H and O–H groups in total. The van der Waals surface area contributed by atoms with Crippen molar-refractivity contribution < 1.29 is 0 Å². The first-order chi connectivity index (χ1) is 10.2. The van der Waals surface area contributed by atoms with E-state index in [1.807, 2.05) is 6.07 Å². The molecule has 21 heavy (non-hydrogen) atoms. The normalized spacial score (nSPS) is 11.5. The van der Waals surface area contributed by atoms with E-state index in [0.717, 1.165) is 17.5 Å². The molecule has 0 fully saturated rings. The van der Waals surface area contributed by atoms with Gasteiger partial charge in [0.2, 0.25) is 0 Å². The third-order valence-corrected chi connectivity index (χ3v) is 4.86. The summed E-state index contributed by atoms with van der Waals surface area (Å²) in [7, 11) is 0. The topological polar surface area (TPSA) is 48.6 Å². The molecule has 0 bridgehead atoms. The Morgan fingerprint density at radius 2 is 1.95 bits per heavy atom. The maximum Gasteiger partial charge on any atom is 0.323 e. The minimum atomic E-state index is -0.154. The van der Waals surface area contributed by atoms with Crippen LogP contribution < -0.4 is 5.69 Å². The molecule has 2 heterocycles. The number of aromatic nitrogens is 2. The lowest BCUT2D eigenvalue weighted by atomic mass is 10.0. The molecule has 4 aromatic rings. The fraction of sp³-hybridized carbons (Fsp3) is 0.118. The summed E-state index contributed by atoms with van der Waals surface area (Å²) in [6.07, 6.45) is 0.883. The van der Waals surface area contributed by atoms with Crippen molar-refractivity contribution in [2.24, 2.45) is 0 Å². The maximum absolute atomic E-state index is 11.3. The van der Waals surface area contributed by atoms with Crippen molar-refractivity contribution in [3.05, 3.63) is 69.0 Å². The van der Waals surface area contributed by atoms with E-state index in [0.29, 0.717) is 0 Å². The highest BCUT2D eigenvalue weighted by molar-refractivity contribution is 7.17. The van der Waals surface area contributed by atoms with Crippen LogP contribution in [-0.4, -0.2) is 9.97 Å². The van der Waals surface area contributed by atoms with Crippen LogP contribution in [0.25, 0.3) is 21.1 Å². The zero-order chi connectivity index (χ0) is 14.4. The van der Waals surface area contributed by atoms with Gasteiger partial charge >= 0.3 is 5.69 Å². The number of rotatable bonds is 2. The SMILES string of the molecule is Cc1cccc2scc(Cc3ccc4[nH]c(=O)[nH]c4c3)c12. The summed E-state index contributed by atoms with van der Waals surface area (Å²) in [5.74, 6) is 0. The predicted molar refractivity (Wildman–Crippen MR) is 88.3 cm³/mol. The Labute approximate surface area is 125 Å². The number of hydrogen-bond donors (Lipinski definition) is 2. The van der Waals surface area contributed by atoms with E-state index >= 15 is 0 Å². The van der Waals surface area contributed by atoms with Gasteiger partial charge in [-0.1, -0.05) is 18.2 Å². The van der Waals surface area contributed by atoms with Crippen LogP contribution in [0.3, 0.4) is 0 Å².